The largest absolute Gasteiger partial charge is 0.317 e. The molecular weight excluding hydrogens is 272 g/mol. The van der Waals surface area contributed by atoms with Crippen molar-refractivity contribution in [2.24, 2.45) is 0 Å². The van der Waals surface area contributed by atoms with E-state index in [0.717, 1.165) is 28.3 Å². The van der Waals surface area contributed by atoms with Crippen LogP contribution in [-0.4, -0.2) is 23.8 Å². The highest BCUT2D eigenvalue weighted by molar-refractivity contribution is 9.10. The first-order valence-electron chi connectivity index (χ1n) is 5.28. The fourth-order valence-electron chi connectivity index (χ4n) is 1.18. The summed E-state index contributed by atoms with van der Waals surface area (Å²) >= 11 is 5.31. The van der Waals surface area contributed by atoms with Crippen molar-refractivity contribution in [1.29, 1.82) is 0 Å². The summed E-state index contributed by atoms with van der Waals surface area (Å²) in [5.74, 6) is 1.14. The van der Waals surface area contributed by atoms with Crippen LogP contribution >= 0.6 is 27.7 Å². The maximum absolute atomic E-state index is 4.31. The van der Waals surface area contributed by atoms with E-state index < -0.39 is 0 Å². The second-order valence-corrected chi connectivity index (χ2v) is 5.14. The lowest BCUT2D eigenvalue weighted by Gasteiger charge is -2.03. The highest BCUT2D eigenvalue weighted by atomic mass is 79.9. The summed E-state index contributed by atoms with van der Waals surface area (Å²) in [5, 5.41) is 4.42. The van der Waals surface area contributed by atoms with Crippen molar-refractivity contribution in [3.05, 3.63) is 22.8 Å². The first-order valence-corrected chi connectivity index (χ1v) is 7.06. The molecule has 0 spiro atoms. The molecule has 1 heterocycles. The minimum absolute atomic E-state index is 1.07. The summed E-state index contributed by atoms with van der Waals surface area (Å²) in [6.07, 6.45) is 4.32. The van der Waals surface area contributed by atoms with Crippen LogP contribution in [0.3, 0.4) is 0 Å². The molecule has 0 aliphatic rings. The van der Waals surface area contributed by atoms with Crippen molar-refractivity contribution in [3.8, 4) is 0 Å². The van der Waals surface area contributed by atoms with Crippen LogP contribution < -0.4 is 5.32 Å². The Morgan fingerprint density at radius 1 is 1.47 bits per heavy atom. The second-order valence-electron chi connectivity index (χ2n) is 3.20. The maximum Gasteiger partial charge on any atom is 0.110 e. The molecule has 0 fully saturated rings. The van der Waals surface area contributed by atoms with Gasteiger partial charge in [-0.15, -0.1) is 11.8 Å². The molecule has 2 nitrogen and oxygen atoms in total. The molecule has 0 unspecified atom stereocenters. The quantitative estimate of drug-likeness (QED) is 0.615. The summed E-state index contributed by atoms with van der Waals surface area (Å²) in [4.78, 5) is 4.31. The van der Waals surface area contributed by atoms with Gasteiger partial charge in [0.1, 0.15) is 5.03 Å². The Kier molecular flexibility index (Phi) is 7.05. The van der Waals surface area contributed by atoms with E-state index in [9.17, 15) is 0 Å². The van der Waals surface area contributed by atoms with E-state index in [0.29, 0.717) is 0 Å². The van der Waals surface area contributed by atoms with Crippen molar-refractivity contribution in [2.45, 2.75) is 24.8 Å². The van der Waals surface area contributed by atoms with Crippen molar-refractivity contribution in [3.63, 3.8) is 0 Å². The highest BCUT2D eigenvalue weighted by Crippen LogP contribution is 2.25. The van der Waals surface area contributed by atoms with Crippen LogP contribution in [0.25, 0.3) is 0 Å². The van der Waals surface area contributed by atoms with Gasteiger partial charge in [0, 0.05) is 10.7 Å². The van der Waals surface area contributed by atoms with Crippen LogP contribution in [0.5, 0.6) is 0 Å². The number of rotatable bonds is 7. The zero-order chi connectivity index (χ0) is 10.9. The van der Waals surface area contributed by atoms with Gasteiger partial charge in [-0.1, -0.05) is 6.92 Å². The van der Waals surface area contributed by atoms with Gasteiger partial charge in [0.2, 0.25) is 0 Å². The molecule has 0 amide bonds. The van der Waals surface area contributed by atoms with E-state index in [1.54, 1.807) is 0 Å². The number of halogens is 1. The van der Waals surface area contributed by atoms with E-state index in [1.165, 1.54) is 12.8 Å². The Hall–Kier alpha value is -0.0600. The minimum Gasteiger partial charge on any atom is -0.317 e. The molecule has 4 heteroatoms. The van der Waals surface area contributed by atoms with Crippen LogP contribution in [0.1, 0.15) is 19.8 Å². The predicted octanol–water partition coefficient (Wildman–Crippen LogP) is 3.33. The average Bonchev–Trinajstić information content (AvgIpc) is 2.25. The topological polar surface area (TPSA) is 24.9 Å². The minimum atomic E-state index is 1.07. The van der Waals surface area contributed by atoms with Gasteiger partial charge in [0.25, 0.3) is 0 Å². The Morgan fingerprint density at radius 3 is 3.07 bits per heavy atom. The summed E-state index contributed by atoms with van der Waals surface area (Å²) in [5.41, 5.74) is 0. The lowest BCUT2D eigenvalue weighted by Crippen LogP contribution is -2.13. The third kappa shape index (κ3) is 5.54. The first-order chi connectivity index (χ1) is 7.34. The van der Waals surface area contributed by atoms with Gasteiger partial charge >= 0.3 is 0 Å². The van der Waals surface area contributed by atoms with Crippen LogP contribution in [0.4, 0.5) is 0 Å². The van der Waals surface area contributed by atoms with Gasteiger partial charge in [-0.2, -0.15) is 0 Å². The molecule has 0 aliphatic carbocycles. The molecule has 15 heavy (non-hydrogen) atoms. The fourth-order valence-corrected chi connectivity index (χ4v) is 2.66. The molecular formula is C11H17BrN2S. The molecule has 0 aliphatic heterocycles. The lowest BCUT2D eigenvalue weighted by molar-refractivity contribution is 0.666. The summed E-state index contributed by atoms with van der Waals surface area (Å²) in [6, 6.07) is 3.98. The Morgan fingerprint density at radius 2 is 2.33 bits per heavy atom. The molecule has 0 bridgehead atoms. The number of nitrogens with zero attached hydrogens (tertiary/aromatic N) is 1. The fraction of sp³-hybridized carbons (Fsp3) is 0.545. The van der Waals surface area contributed by atoms with Crippen LogP contribution in [0.15, 0.2) is 27.8 Å². The van der Waals surface area contributed by atoms with Crippen LogP contribution in [0, 0.1) is 0 Å². The van der Waals surface area contributed by atoms with E-state index in [1.807, 2.05) is 30.1 Å². The molecule has 0 aromatic carbocycles. The molecule has 0 saturated carbocycles. The molecule has 1 aromatic heterocycles. The van der Waals surface area contributed by atoms with Crippen molar-refractivity contribution in [2.75, 3.05) is 18.8 Å². The smallest absolute Gasteiger partial charge is 0.110 e. The zero-order valence-corrected chi connectivity index (χ0v) is 11.4. The first kappa shape index (κ1) is 13.0. The zero-order valence-electron chi connectivity index (χ0n) is 9.00. The van der Waals surface area contributed by atoms with Crippen LogP contribution in [0.2, 0.25) is 0 Å². The average molecular weight is 289 g/mol. The maximum atomic E-state index is 4.31. The number of unbranched alkanes of at least 4 members (excludes halogenated alkanes) is 1. The number of pyridine rings is 1. The van der Waals surface area contributed by atoms with Gasteiger partial charge in [0.15, 0.2) is 0 Å². The number of nitrogens with one attached hydrogen (secondary N) is 1. The van der Waals surface area contributed by atoms with Crippen LogP contribution in [-0.2, 0) is 0 Å². The van der Waals surface area contributed by atoms with Crippen molar-refractivity contribution >= 4 is 27.7 Å². The second kappa shape index (κ2) is 8.13. The molecule has 0 saturated heterocycles. The predicted molar refractivity (Wildman–Crippen MR) is 70.4 cm³/mol. The molecule has 0 radical (unpaired) electrons. The Bertz CT molecular complexity index is 281. The third-order valence-corrected chi connectivity index (χ3v) is 3.96. The SMILES string of the molecule is CCNCCCCSc1ncccc1Br. The third-order valence-electron chi connectivity index (χ3n) is 1.96. The number of hydrogen-bond donors (Lipinski definition) is 1. The normalized spacial score (nSPS) is 10.5. The Labute approximate surface area is 104 Å². The number of aromatic nitrogens is 1. The summed E-state index contributed by atoms with van der Waals surface area (Å²) in [6.45, 7) is 4.33. The molecule has 1 N–H and O–H groups in total. The Balaban J connectivity index is 2.12. The van der Waals surface area contributed by atoms with Gasteiger partial charge in [-0.3, -0.25) is 0 Å². The monoisotopic (exact) mass is 288 g/mol. The number of hydrogen-bond acceptors (Lipinski definition) is 3. The molecule has 1 aromatic rings. The van der Waals surface area contributed by atoms with Gasteiger partial charge in [-0.25, -0.2) is 4.98 Å². The van der Waals surface area contributed by atoms with E-state index >= 15 is 0 Å². The van der Waals surface area contributed by atoms with Crippen molar-refractivity contribution in [1.82, 2.24) is 10.3 Å². The van der Waals surface area contributed by atoms with Gasteiger partial charge in [0.05, 0.1) is 0 Å². The van der Waals surface area contributed by atoms with E-state index in [4.69, 9.17) is 0 Å². The molecule has 1 rings (SSSR count). The number of thioether (sulfide) groups is 1. The van der Waals surface area contributed by atoms with E-state index in [-0.39, 0.29) is 0 Å². The summed E-state index contributed by atoms with van der Waals surface area (Å²) < 4.78 is 1.10. The standard InChI is InChI=1S/C11H17BrN2S/c1-2-13-7-3-4-9-15-11-10(12)6-5-8-14-11/h5-6,8,13H,2-4,7,9H2,1H3. The summed E-state index contributed by atoms with van der Waals surface area (Å²) in [7, 11) is 0. The molecule has 0 atom stereocenters. The van der Waals surface area contributed by atoms with Gasteiger partial charge < -0.3 is 5.32 Å². The molecule has 84 valence electrons. The van der Waals surface area contributed by atoms with E-state index in [2.05, 4.69) is 33.2 Å². The lowest BCUT2D eigenvalue weighted by atomic mass is 10.3. The van der Waals surface area contributed by atoms with Crippen molar-refractivity contribution < 1.29 is 0 Å². The highest BCUT2D eigenvalue weighted by Gasteiger charge is 1.99. The van der Waals surface area contributed by atoms with Gasteiger partial charge in [-0.05, 0) is 59.7 Å².